The zero-order valence-corrected chi connectivity index (χ0v) is 14.0. The predicted octanol–water partition coefficient (Wildman–Crippen LogP) is 3.42. The van der Waals surface area contributed by atoms with Gasteiger partial charge in [-0.25, -0.2) is 0 Å². The third kappa shape index (κ3) is 3.21. The van der Waals surface area contributed by atoms with Crippen molar-refractivity contribution in [2.24, 2.45) is 4.99 Å². The number of morpholine rings is 1. The lowest BCUT2D eigenvalue weighted by molar-refractivity contribution is -0.113. The number of halogens is 1. The lowest BCUT2D eigenvalue weighted by Gasteiger charge is -2.39. The molecule has 4 nitrogen and oxygen atoms in total. The van der Waals surface area contributed by atoms with E-state index in [1.54, 1.807) is 0 Å². The Kier molecular flexibility index (Phi) is 4.57. The quantitative estimate of drug-likeness (QED) is 0.737. The SMILES string of the molecule is C[C@@H]1COC[C@H](C)N1C1=NC(=O)/C(=C/c2ccc(Cl)cc2)S1. The maximum atomic E-state index is 12.2. The van der Waals surface area contributed by atoms with Crippen molar-refractivity contribution in [3.05, 3.63) is 39.8 Å². The molecule has 6 heteroatoms. The molecule has 1 saturated heterocycles. The van der Waals surface area contributed by atoms with Gasteiger partial charge in [0.25, 0.3) is 5.91 Å². The smallest absolute Gasteiger partial charge is 0.286 e. The molecule has 116 valence electrons. The summed E-state index contributed by atoms with van der Waals surface area (Å²) >= 11 is 7.31. The first-order valence-electron chi connectivity index (χ1n) is 7.19. The zero-order chi connectivity index (χ0) is 15.7. The molecule has 0 N–H and O–H groups in total. The Morgan fingerprint density at radius 2 is 1.91 bits per heavy atom. The van der Waals surface area contributed by atoms with E-state index in [1.807, 2.05) is 30.3 Å². The monoisotopic (exact) mass is 336 g/mol. The fraction of sp³-hybridized carbons (Fsp3) is 0.375. The van der Waals surface area contributed by atoms with E-state index < -0.39 is 0 Å². The number of amides is 1. The Balaban J connectivity index is 1.79. The summed E-state index contributed by atoms with van der Waals surface area (Å²) < 4.78 is 5.53. The second kappa shape index (κ2) is 6.44. The van der Waals surface area contributed by atoms with Crippen LogP contribution in [0.15, 0.2) is 34.2 Å². The number of hydrogen-bond donors (Lipinski definition) is 0. The molecule has 1 aromatic carbocycles. The molecule has 0 bridgehead atoms. The molecule has 0 radical (unpaired) electrons. The largest absolute Gasteiger partial charge is 0.377 e. The number of rotatable bonds is 1. The van der Waals surface area contributed by atoms with Crippen LogP contribution in [0.4, 0.5) is 0 Å². The molecule has 0 unspecified atom stereocenters. The van der Waals surface area contributed by atoms with Gasteiger partial charge in [0.2, 0.25) is 0 Å². The summed E-state index contributed by atoms with van der Waals surface area (Å²) in [5.41, 5.74) is 0.944. The van der Waals surface area contributed by atoms with Crippen molar-refractivity contribution < 1.29 is 9.53 Å². The lowest BCUT2D eigenvalue weighted by Crippen LogP contribution is -2.51. The predicted molar refractivity (Wildman–Crippen MR) is 91.0 cm³/mol. The van der Waals surface area contributed by atoms with Gasteiger partial charge in [0, 0.05) is 5.02 Å². The number of aliphatic imine (C=N–C) groups is 1. The van der Waals surface area contributed by atoms with Gasteiger partial charge in [-0.1, -0.05) is 23.7 Å². The third-order valence-electron chi connectivity index (χ3n) is 3.67. The average molecular weight is 337 g/mol. The number of hydrogen-bond acceptors (Lipinski definition) is 4. The number of carbonyl (C=O) groups excluding carboxylic acids is 1. The summed E-state index contributed by atoms with van der Waals surface area (Å²) in [7, 11) is 0. The molecule has 3 rings (SSSR count). The van der Waals surface area contributed by atoms with Gasteiger partial charge < -0.3 is 9.64 Å². The topological polar surface area (TPSA) is 41.9 Å². The Morgan fingerprint density at radius 3 is 2.55 bits per heavy atom. The highest BCUT2D eigenvalue weighted by atomic mass is 35.5. The molecule has 1 fully saturated rings. The van der Waals surface area contributed by atoms with Gasteiger partial charge in [0.05, 0.1) is 30.2 Å². The van der Waals surface area contributed by atoms with E-state index >= 15 is 0 Å². The highest BCUT2D eigenvalue weighted by Crippen LogP contribution is 2.33. The molecule has 2 atom stereocenters. The second-order valence-corrected chi connectivity index (χ2v) is 6.95. The fourth-order valence-electron chi connectivity index (χ4n) is 2.60. The second-order valence-electron chi connectivity index (χ2n) is 5.50. The molecule has 0 saturated carbocycles. The lowest BCUT2D eigenvalue weighted by atomic mass is 10.2. The Labute approximate surface area is 139 Å². The summed E-state index contributed by atoms with van der Waals surface area (Å²) in [4.78, 5) is 19.2. The molecular formula is C16H17ClN2O2S. The standard InChI is InChI=1S/C16H17ClN2O2S/c1-10-8-21-9-11(2)19(10)16-18-15(20)14(22-16)7-12-3-5-13(17)6-4-12/h3-7,10-11H,8-9H2,1-2H3/b14-7-/t10-,11+. The molecule has 2 aliphatic rings. The van der Waals surface area contributed by atoms with E-state index in [2.05, 4.69) is 23.7 Å². The van der Waals surface area contributed by atoms with Gasteiger partial charge >= 0.3 is 0 Å². The summed E-state index contributed by atoms with van der Waals surface area (Å²) in [6.45, 7) is 5.50. The van der Waals surface area contributed by atoms with Crippen LogP contribution in [0.1, 0.15) is 19.4 Å². The molecule has 0 spiro atoms. The van der Waals surface area contributed by atoms with Crippen LogP contribution in [0.5, 0.6) is 0 Å². The Bertz CT molecular complexity index is 632. The van der Waals surface area contributed by atoms with E-state index in [-0.39, 0.29) is 18.0 Å². The minimum Gasteiger partial charge on any atom is -0.377 e. The van der Waals surface area contributed by atoms with E-state index in [0.29, 0.717) is 23.1 Å². The van der Waals surface area contributed by atoms with Gasteiger partial charge in [0.15, 0.2) is 5.17 Å². The van der Waals surface area contributed by atoms with Crippen molar-refractivity contribution in [3.63, 3.8) is 0 Å². The van der Waals surface area contributed by atoms with Gasteiger partial charge in [0.1, 0.15) is 0 Å². The molecule has 0 aliphatic carbocycles. The van der Waals surface area contributed by atoms with E-state index in [9.17, 15) is 4.79 Å². The molecular weight excluding hydrogens is 320 g/mol. The summed E-state index contributed by atoms with van der Waals surface area (Å²) in [6.07, 6.45) is 1.86. The molecule has 1 amide bonds. The van der Waals surface area contributed by atoms with Crippen LogP contribution in [0.2, 0.25) is 5.02 Å². The minimum absolute atomic E-state index is 0.180. The van der Waals surface area contributed by atoms with Gasteiger partial charge in [-0.2, -0.15) is 4.99 Å². The molecule has 1 aromatic rings. The fourth-order valence-corrected chi connectivity index (χ4v) is 3.84. The van der Waals surface area contributed by atoms with Crippen LogP contribution in [0.25, 0.3) is 6.08 Å². The van der Waals surface area contributed by atoms with Crippen molar-refractivity contribution in [3.8, 4) is 0 Å². The Morgan fingerprint density at radius 1 is 1.27 bits per heavy atom. The van der Waals surface area contributed by atoms with Crippen LogP contribution < -0.4 is 0 Å². The van der Waals surface area contributed by atoms with Crippen LogP contribution in [-0.2, 0) is 9.53 Å². The van der Waals surface area contributed by atoms with Crippen molar-refractivity contribution in [2.45, 2.75) is 25.9 Å². The van der Waals surface area contributed by atoms with Crippen LogP contribution in [0, 0.1) is 0 Å². The molecule has 2 heterocycles. The third-order valence-corrected chi connectivity index (χ3v) is 4.91. The summed E-state index contributed by atoms with van der Waals surface area (Å²) in [5, 5.41) is 1.45. The molecule has 0 aromatic heterocycles. The minimum atomic E-state index is -0.180. The number of benzene rings is 1. The van der Waals surface area contributed by atoms with Crippen molar-refractivity contribution in [1.29, 1.82) is 0 Å². The maximum absolute atomic E-state index is 12.2. The summed E-state index contributed by atoms with van der Waals surface area (Å²) in [6, 6.07) is 7.84. The number of amidine groups is 1. The number of ether oxygens (including phenoxy) is 1. The number of carbonyl (C=O) groups is 1. The van der Waals surface area contributed by atoms with E-state index in [1.165, 1.54) is 11.8 Å². The van der Waals surface area contributed by atoms with Crippen LogP contribution >= 0.6 is 23.4 Å². The Hall–Kier alpha value is -1.30. The van der Waals surface area contributed by atoms with Crippen molar-refractivity contribution in [2.75, 3.05) is 13.2 Å². The maximum Gasteiger partial charge on any atom is 0.286 e. The normalized spacial score (nSPS) is 27.4. The first-order valence-corrected chi connectivity index (χ1v) is 8.38. The van der Waals surface area contributed by atoms with Crippen molar-refractivity contribution in [1.82, 2.24) is 4.90 Å². The van der Waals surface area contributed by atoms with Crippen molar-refractivity contribution >= 4 is 40.5 Å². The summed E-state index contributed by atoms with van der Waals surface area (Å²) in [5.74, 6) is -0.180. The first-order chi connectivity index (χ1) is 10.5. The highest BCUT2D eigenvalue weighted by Gasteiger charge is 2.33. The van der Waals surface area contributed by atoms with Crippen LogP contribution in [0.3, 0.4) is 0 Å². The first kappa shape index (κ1) is 15.6. The highest BCUT2D eigenvalue weighted by molar-refractivity contribution is 8.18. The van der Waals surface area contributed by atoms with Gasteiger partial charge in [-0.05, 0) is 49.4 Å². The van der Waals surface area contributed by atoms with Gasteiger partial charge in [-0.15, -0.1) is 0 Å². The average Bonchev–Trinajstić information content (AvgIpc) is 2.82. The van der Waals surface area contributed by atoms with E-state index in [4.69, 9.17) is 16.3 Å². The number of nitrogens with zero attached hydrogens (tertiary/aromatic N) is 2. The van der Waals surface area contributed by atoms with Crippen LogP contribution in [-0.4, -0.2) is 41.3 Å². The van der Waals surface area contributed by atoms with Gasteiger partial charge in [-0.3, -0.25) is 4.79 Å². The molecule has 2 aliphatic heterocycles. The number of thioether (sulfide) groups is 1. The van der Waals surface area contributed by atoms with E-state index in [0.717, 1.165) is 10.7 Å². The molecule has 22 heavy (non-hydrogen) atoms. The zero-order valence-electron chi connectivity index (χ0n) is 12.5.